The molecule has 0 bridgehead atoms. The molecule has 0 saturated carbocycles. The summed E-state index contributed by atoms with van der Waals surface area (Å²) in [7, 11) is 0. The summed E-state index contributed by atoms with van der Waals surface area (Å²) in [6.07, 6.45) is 0.343. The lowest BCUT2D eigenvalue weighted by atomic mass is 10.1. The second-order valence-corrected chi connectivity index (χ2v) is 7.15. The lowest BCUT2D eigenvalue weighted by Crippen LogP contribution is -2.24. The molecular weight excluding hydrogens is 373 g/mol. The van der Waals surface area contributed by atoms with Gasteiger partial charge in [-0.3, -0.25) is 4.79 Å². The van der Waals surface area contributed by atoms with Crippen LogP contribution in [0.15, 0.2) is 47.0 Å². The summed E-state index contributed by atoms with van der Waals surface area (Å²) < 4.78 is 5.36. The summed E-state index contributed by atoms with van der Waals surface area (Å²) in [5.41, 5.74) is 2.52. The maximum atomic E-state index is 12.5. The van der Waals surface area contributed by atoms with Crippen LogP contribution >= 0.6 is 23.2 Å². The van der Waals surface area contributed by atoms with E-state index in [-0.39, 0.29) is 11.8 Å². The van der Waals surface area contributed by atoms with E-state index in [2.05, 4.69) is 10.1 Å². The van der Waals surface area contributed by atoms with E-state index in [0.717, 1.165) is 16.8 Å². The molecule has 5 nitrogen and oxygen atoms in total. The number of anilines is 1. The highest BCUT2D eigenvalue weighted by Gasteiger charge is 2.34. The zero-order valence-corrected chi connectivity index (χ0v) is 15.5. The minimum absolute atomic E-state index is 0.0332. The van der Waals surface area contributed by atoms with Gasteiger partial charge in [-0.2, -0.15) is 4.98 Å². The molecule has 1 amide bonds. The first-order chi connectivity index (χ1) is 12.5. The van der Waals surface area contributed by atoms with Crippen molar-refractivity contribution < 1.29 is 9.32 Å². The molecule has 4 rings (SSSR count). The van der Waals surface area contributed by atoms with Gasteiger partial charge in [0.2, 0.25) is 5.91 Å². The van der Waals surface area contributed by atoms with E-state index in [9.17, 15) is 4.79 Å². The number of halogens is 2. The van der Waals surface area contributed by atoms with Gasteiger partial charge in [0.15, 0.2) is 5.82 Å². The molecule has 1 atom stereocenters. The lowest BCUT2D eigenvalue weighted by molar-refractivity contribution is -0.117. The van der Waals surface area contributed by atoms with Gasteiger partial charge < -0.3 is 9.42 Å². The molecule has 0 N–H and O–H groups in total. The Morgan fingerprint density at radius 2 is 2.04 bits per heavy atom. The first-order valence-corrected chi connectivity index (χ1v) is 8.93. The third-order valence-electron chi connectivity index (χ3n) is 4.46. The van der Waals surface area contributed by atoms with Crippen molar-refractivity contribution in [1.29, 1.82) is 0 Å². The first kappa shape index (κ1) is 17.1. The van der Waals surface area contributed by atoms with E-state index in [0.29, 0.717) is 34.7 Å². The summed E-state index contributed by atoms with van der Waals surface area (Å²) >= 11 is 12.1. The fourth-order valence-corrected chi connectivity index (χ4v) is 3.37. The number of aryl methyl sites for hydroxylation is 1. The number of carbonyl (C=O) groups excluding carboxylic acids is 1. The molecule has 26 heavy (non-hydrogen) atoms. The third kappa shape index (κ3) is 3.20. The molecule has 1 aromatic heterocycles. The van der Waals surface area contributed by atoms with Gasteiger partial charge in [0.1, 0.15) is 0 Å². The van der Waals surface area contributed by atoms with Gasteiger partial charge in [-0.1, -0.05) is 34.4 Å². The average Bonchev–Trinajstić information content (AvgIpc) is 3.24. The van der Waals surface area contributed by atoms with Crippen molar-refractivity contribution in [2.24, 2.45) is 0 Å². The Hall–Kier alpha value is -2.37. The summed E-state index contributed by atoms with van der Waals surface area (Å²) in [4.78, 5) is 18.7. The second kappa shape index (κ2) is 6.74. The maximum absolute atomic E-state index is 12.5. The van der Waals surface area contributed by atoms with Crippen LogP contribution in [0.1, 0.15) is 23.7 Å². The Bertz CT molecular complexity index is 986. The zero-order valence-electron chi connectivity index (χ0n) is 13.9. The van der Waals surface area contributed by atoms with E-state index >= 15 is 0 Å². The zero-order chi connectivity index (χ0) is 18.3. The molecule has 1 saturated heterocycles. The van der Waals surface area contributed by atoms with Crippen molar-refractivity contribution in [3.63, 3.8) is 0 Å². The van der Waals surface area contributed by atoms with Gasteiger partial charge in [-0.15, -0.1) is 0 Å². The Kier molecular flexibility index (Phi) is 4.42. The maximum Gasteiger partial charge on any atom is 0.257 e. The van der Waals surface area contributed by atoms with Gasteiger partial charge >= 0.3 is 0 Å². The summed E-state index contributed by atoms with van der Waals surface area (Å²) in [5, 5.41) is 5.35. The van der Waals surface area contributed by atoms with Crippen molar-refractivity contribution in [2.45, 2.75) is 19.3 Å². The molecule has 132 valence electrons. The fraction of sp³-hybridized carbons (Fsp3) is 0.211. The Morgan fingerprint density at radius 3 is 2.81 bits per heavy atom. The van der Waals surface area contributed by atoms with Crippen LogP contribution in [0.25, 0.3) is 11.5 Å². The van der Waals surface area contributed by atoms with Crippen LogP contribution in [0.5, 0.6) is 0 Å². The van der Waals surface area contributed by atoms with Crippen LogP contribution in [0.2, 0.25) is 10.0 Å². The van der Waals surface area contributed by atoms with E-state index in [4.69, 9.17) is 27.7 Å². The van der Waals surface area contributed by atoms with Gasteiger partial charge in [-0.05, 0) is 48.9 Å². The van der Waals surface area contributed by atoms with Crippen LogP contribution in [0.4, 0.5) is 5.69 Å². The van der Waals surface area contributed by atoms with Gasteiger partial charge in [0.05, 0.1) is 0 Å². The normalized spacial score (nSPS) is 17.1. The van der Waals surface area contributed by atoms with Gasteiger partial charge in [0.25, 0.3) is 5.89 Å². The van der Waals surface area contributed by atoms with Crippen LogP contribution in [-0.2, 0) is 4.79 Å². The van der Waals surface area contributed by atoms with Crippen molar-refractivity contribution in [3.05, 3.63) is 63.9 Å². The molecule has 1 unspecified atom stereocenters. The number of hydrogen-bond acceptors (Lipinski definition) is 4. The molecule has 0 spiro atoms. The number of aromatic nitrogens is 2. The second-order valence-electron chi connectivity index (χ2n) is 6.31. The lowest BCUT2D eigenvalue weighted by Gasteiger charge is -2.17. The molecule has 1 aliphatic rings. The number of carbonyl (C=O) groups is 1. The fourth-order valence-electron chi connectivity index (χ4n) is 3.07. The van der Waals surface area contributed by atoms with Crippen LogP contribution in [0.3, 0.4) is 0 Å². The molecule has 0 radical (unpaired) electrons. The summed E-state index contributed by atoms with van der Waals surface area (Å²) in [6.45, 7) is 2.43. The number of amides is 1. The average molecular weight is 388 g/mol. The summed E-state index contributed by atoms with van der Waals surface area (Å²) in [6, 6.07) is 12.8. The molecular formula is C19H15Cl2N3O2. The van der Waals surface area contributed by atoms with Crippen molar-refractivity contribution in [2.75, 3.05) is 11.4 Å². The summed E-state index contributed by atoms with van der Waals surface area (Å²) in [5.74, 6) is 0.846. The SMILES string of the molecule is Cc1cc(N2CC(c3noc(-c4cccc(Cl)c4)n3)CC2=O)ccc1Cl. The van der Waals surface area contributed by atoms with Crippen molar-refractivity contribution in [3.8, 4) is 11.5 Å². The molecule has 0 aliphatic carbocycles. The predicted molar refractivity (Wildman–Crippen MR) is 101 cm³/mol. The smallest absolute Gasteiger partial charge is 0.257 e. The Labute approximate surface area is 160 Å². The molecule has 2 aromatic carbocycles. The third-order valence-corrected chi connectivity index (χ3v) is 5.12. The Balaban J connectivity index is 1.56. The minimum Gasteiger partial charge on any atom is -0.334 e. The highest BCUT2D eigenvalue weighted by molar-refractivity contribution is 6.31. The number of nitrogens with zero attached hydrogens (tertiary/aromatic N) is 3. The number of hydrogen-bond donors (Lipinski definition) is 0. The Morgan fingerprint density at radius 1 is 1.19 bits per heavy atom. The van der Waals surface area contributed by atoms with E-state index in [1.807, 2.05) is 31.2 Å². The van der Waals surface area contributed by atoms with E-state index < -0.39 is 0 Å². The van der Waals surface area contributed by atoms with Crippen molar-refractivity contribution in [1.82, 2.24) is 10.1 Å². The standard InChI is InChI=1S/C19H15Cl2N3O2/c1-11-7-15(5-6-16(11)21)24-10-13(9-17(24)25)18-22-19(26-23-18)12-3-2-4-14(20)8-12/h2-8,13H,9-10H2,1H3. The highest BCUT2D eigenvalue weighted by Crippen LogP contribution is 2.33. The first-order valence-electron chi connectivity index (χ1n) is 8.17. The van der Waals surface area contributed by atoms with Crippen molar-refractivity contribution >= 4 is 34.8 Å². The largest absolute Gasteiger partial charge is 0.334 e. The topological polar surface area (TPSA) is 59.2 Å². The van der Waals surface area contributed by atoms with Gasteiger partial charge in [-0.25, -0.2) is 0 Å². The molecule has 1 fully saturated rings. The van der Waals surface area contributed by atoms with Crippen LogP contribution < -0.4 is 4.90 Å². The molecule has 3 aromatic rings. The van der Waals surface area contributed by atoms with E-state index in [1.165, 1.54) is 0 Å². The van der Waals surface area contributed by atoms with E-state index in [1.54, 1.807) is 23.1 Å². The number of benzene rings is 2. The highest BCUT2D eigenvalue weighted by atomic mass is 35.5. The molecule has 7 heteroatoms. The van der Waals surface area contributed by atoms with Gasteiger partial charge in [0, 0.05) is 40.2 Å². The molecule has 1 aliphatic heterocycles. The molecule has 2 heterocycles. The number of rotatable bonds is 3. The van der Waals surface area contributed by atoms with Crippen LogP contribution in [-0.4, -0.2) is 22.6 Å². The minimum atomic E-state index is -0.116. The quantitative estimate of drug-likeness (QED) is 0.642. The van der Waals surface area contributed by atoms with Crippen LogP contribution in [0, 0.1) is 6.92 Å². The predicted octanol–water partition coefficient (Wildman–Crippen LogP) is 4.87. The monoisotopic (exact) mass is 387 g/mol.